The highest BCUT2D eigenvalue weighted by Crippen LogP contribution is 2.47. The number of para-hydroxylation sites is 1. The van der Waals surface area contributed by atoms with E-state index in [4.69, 9.17) is 9.47 Å². The van der Waals surface area contributed by atoms with E-state index < -0.39 is 16.3 Å². The molecule has 266 valence electrons. The Morgan fingerprint density at radius 2 is 1.44 bits per heavy atom. The Kier molecular flexibility index (Phi) is 11.1. The van der Waals surface area contributed by atoms with Gasteiger partial charge in [-0.05, 0) is 53.6 Å². The number of aliphatic hydroxyl groups is 1. The van der Waals surface area contributed by atoms with Gasteiger partial charge in [0.1, 0.15) is 4.90 Å². The molecule has 0 saturated carbocycles. The number of benzene rings is 4. The van der Waals surface area contributed by atoms with Crippen molar-refractivity contribution in [3.05, 3.63) is 173 Å². The largest absolute Gasteiger partial charge is 0.392 e. The molecule has 10 heteroatoms. The number of sulfonamides is 1. The van der Waals surface area contributed by atoms with Gasteiger partial charge in [-0.1, -0.05) is 103 Å². The molecule has 2 aromatic heterocycles. The summed E-state index contributed by atoms with van der Waals surface area (Å²) in [5, 5.41) is 10.5. The Morgan fingerprint density at radius 1 is 0.731 bits per heavy atom. The van der Waals surface area contributed by atoms with Crippen LogP contribution in [0.3, 0.4) is 0 Å². The molecule has 0 aliphatic carbocycles. The molecule has 4 unspecified atom stereocenters. The summed E-state index contributed by atoms with van der Waals surface area (Å²) in [4.78, 5) is 11.2. The average molecular weight is 715 g/mol. The summed E-state index contributed by atoms with van der Waals surface area (Å²) in [6.07, 6.45) is 2.97. The summed E-state index contributed by atoms with van der Waals surface area (Å²) in [7, 11) is -1.71. The summed E-state index contributed by atoms with van der Waals surface area (Å²) in [5.74, 6) is -0.119. The van der Waals surface area contributed by atoms with Gasteiger partial charge in [0, 0.05) is 61.0 Å². The van der Waals surface area contributed by atoms with Crippen molar-refractivity contribution in [3.63, 3.8) is 0 Å². The van der Waals surface area contributed by atoms with E-state index in [9.17, 15) is 13.5 Å². The van der Waals surface area contributed by atoms with E-state index in [1.165, 1.54) is 0 Å². The van der Waals surface area contributed by atoms with Crippen LogP contribution in [0.15, 0.2) is 145 Å². The van der Waals surface area contributed by atoms with Crippen LogP contribution < -0.4 is 4.72 Å². The monoisotopic (exact) mass is 714 g/mol. The fraction of sp³-hybridized carbons (Fsp3) is 0.238. The Labute approximate surface area is 305 Å². The number of pyridine rings is 2. The van der Waals surface area contributed by atoms with Crippen LogP contribution in [-0.4, -0.2) is 54.6 Å². The molecule has 2 N–H and O–H groups in total. The van der Waals surface area contributed by atoms with E-state index in [0.717, 1.165) is 51.9 Å². The fourth-order valence-electron chi connectivity index (χ4n) is 6.76. The number of ether oxygens (including phenoxy) is 2. The van der Waals surface area contributed by atoms with Gasteiger partial charge in [0.2, 0.25) is 10.0 Å². The Balaban J connectivity index is 1.14. The fourth-order valence-corrected chi connectivity index (χ4v) is 7.95. The average Bonchev–Trinajstić information content (AvgIpc) is 3.20. The van der Waals surface area contributed by atoms with E-state index in [-0.39, 0.29) is 36.2 Å². The smallest absolute Gasteiger partial charge is 0.243 e. The minimum Gasteiger partial charge on any atom is -0.392 e. The minimum absolute atomic E-state index is 0.0370. The van der Waals surface area contributed by atoms with Crippen molar-refractivity contribution >= 4 is 20.9 Å². The first-order chi connectivity index (χ1) is 25.4. The first kappa shape index (κ1) is 35.6. The van der Waals surface area contributed by atoms with Crippen LogP contribution in [0.5, 0.6) is 0 Å². The second kappa shape index (κ2) is 16.2. The van der Waals surface area contributed by atoms with Crippen LogP contribution in [0, 0.1) is 0 Å². The lowest BCUT2D eigenvalue weighted by Crippen LogP contribution is -2.43. The molecule has 4 aromatic carbocycles. The summed E-state index contributed by atoms with van der Waals surface area (Å²) >= 11 is 0. The third-order valence-corrected chi connectivity index (χ3v) is 11.0. The summed E-state index contributed by atoms with van der Waals surface area (Å²) in [6.45, 7) is 1.53. The Hall–Kier alpha value is -4.81. The standard InChI is InChI=1S/C42H42N4O5S/c1-46(26-23-36-13-5-6-24-43-36)28-37-39(32-9-3-2-4-10-32)41(34-19-17-31(29-47)18-20-34)51-42(50-37)35-21-15-30(16-22-35)27-45-52(48,49)38-14-7-11-33-12-8-25-44-40(33)38/h2-22,24-25,37,39,41-42,45,47H,23,26-29H2,1H3. The zero-order chi connectivity index (χ0) is 35.9. The van der Waals surface area contributed by atoms with Gasteiger partial charge in [0.05, 0.1) is 24.3 Å². The summed E-state index contributed by atoms with van der Waals surface area (Å²) in [5.41, 5.74) is 6.04. The lowest BCUT2D eigenvalue weighted by atomic mass is 9.83. The van der Waals surface area contributed by atoms with Gasteiger partial charge in [-0.15, -0.1) is 0 Å². The van der Waals surface area contributed by atoms with Crippen molar-refractivity contribution in [1.29, 1.82) is 0 Å². The maximum atomic E-state index is 13.3. The molecule has 3 heterocycles. The van der Waals surface area contributed by atoms with Crippen molar-refractivity contribution in [2.75, 3.05) is 20.1 Å². The highest BCUT2D eigenvalue weighted by atomic mass is 32.2. The van der Waals surface area contributed by atoms with E-state index in [1.807, 2.05) is 103 Å². The molecule has 1 saturated heterocycles. The van der Waals surface area contributed by atoms with Gasteiger partial charge in [-0.25, -0.2) is 13.1 Å². The number of hydrogen-bond donors (Lipinski definition) is 2. The number of fused-ring (bicyclic) bond motifs is 1. The molecule has 7 rings (SSSR count). The number of aromatic nitrogens is 2. The van der Waals surface area contributed by atoms with Gasteiger partial charge in [-0.3, -0.25) is 9.97 Å². The van der Waals surface area contributed by atoms with Crippen molar-refractivity contribution < 1.29 is 23.0 Å². The highest BCUT2D eigenvalue weighted by molar-refractivity contribution is 7.89. The minimum atomic E-state index is -3.82. The molecule has 0 amide bonds. The van der Waals surface area contributed by atoms with Gasteiger partial charge < -0.3 is 19.5 Å². The Bertz CT molecular complexity index is 2160. The van der Waals surface area contributed by atoms with E-state index in [0.29, 0.717) is 12.1 Å². The van der Waals surface area contributed by atoms with E-state index >= 15 is 0 Å². The lowest BCUT2D eigenvalue weighted by Gasteiger charge is -2.44. The number of nitrogens with one attached hydrogen (secondary N) is 1. The van der Waals surface area contributed by atoms with Gasteiger partial charge in [0.15, 0.2) is 6.29 Å². The second-order valence-corrected chi connectivity index (χ2v) is 14.9. The maximum absolute atomic E-state index is 13.3. The van der Waals surface area contributed by atoms with Crippen molar-refractivity contribution in [3.8, 4) is 0 Å². The van der Waals surface area contributed by atoms with Gasteiger partial charge >= 0.3 is 0 Å². The molecule has 1 fully saturated rings. The molecule has 9 nitrogen and oxygen atoms in total. The van der Waals surface area contributed by atoms with Crippen LogP contribution in [0.1, 0.15) is 51.8 Å². The van der Waals surface area contributed by atoms with Crippen LogP contribution in [0.4, 0.5) is 0 Å². The molecule has 1 aliphatic heterocycles. The van der Waals surface area contributed by atoms with Crippen molar-refractivity contribution in [1.82, 2.24) is 19.6 Å². The molecule has 0 bridgehead atoms. The first-order valence-electron chi connectivity index (χ1n) is 17.4. The van der Waals surface area contributed by atoms with Crippen LogP contribution in [0.2, 0.25) is 0 Å². The Morgan fingerprint density at radius 3 is 2.19 bits per heavy atom. The second-order valence-electron chi connectivity index (χ2n) is 13.1. The third-order valence-electron chi connectivity index (χ3n) is 9.54. The highest BCUT2D eigenvalue weighted by Gasteiger charge is 2.42. The predicted molar refractivity (Wildman–Crippen MR) is 201 cm³/mol. The zero-order valence-corrected chi connectivity index (χ0v) is 29.8. The first-order valence-corrected chi connectivity index (χ1v) is 18.9. The molecule has 0 radical (unpaired) electrons. The summed E-state index contributed by atoms with van der Waals surface area (Å²) < 4.78 is 43.1. The quantitative estimate of drug-likeness (QED) is 0.136. The molecule has 1 aliphatic rings. The molecular weight excluding hydrogens is 673 g/mol. The van der Waals surface area contributed by atoms with Crippen LogP contribution in [-0.2, 0) is 39.1 Å². The lowest BCUT2D eigenvalue weighted by molar-refractivity contribution is -0.263. The number of aliphatic hydroxyl groups excluding tert-OH is 1. The SMILES string of the molecule is CN(CCc1ccccn1)CC1OC(c2ccc(CNS(=O)(=O)c3cccc4cccnc34)cc2)OC(c2ccc(CO)cc2)C1c1ccccc1. The predicted octanol–water partition coefficient (Wildman–Crippen LogP) is 6.71. The normalized spacial score (nSPS) is 19.2. The van der Waals surface area contributed by atoms with Crippen molar-refractivity contribution in [2.45, 2.75) is 48.9 Å². The maximum Gasteiger partial charge on any atom is 0.243 e. The molecule has 52 heavy (non-hydrogen) atoms. The van der Waals surface area contributed by atoms with Crippen molar-refractivity contribution in [2.24, 2.45) is 0 Å². The topological polar surface area (TPSA) is 114 Å². The molecule has 0 spiro atoms. The van der Waals surface area contributed by atoms with Gasteiger partial charge in [-0.2, -0.15) is 0 Å². The van der Waals surface area contributed by atoms with Gasteiger partial charge in [0.25, 0.3) is 0 Å². The van der Waals surface area contributed by atoms with Crippen LogP contribution in [0.25, 0.3) is 10.9 Å². The van der Waals surface area contributed by atoms with Crippen LogP contribution >= 0.6 is 0 Å². The molecular formula is C42H42N4O5S. The third kappa shape index (κ3) is 8.29. The number of hydrogen-bond acceptors (Lipinski definition) is 8. The van der Waals surface area contributed by atoms with E-state index in [2.05, 4.69) is 38.8 Å². The van der Waals surface area contributed by atoms with E-state index in [1.54, 1.807) is 24.4 Å². The molecule has 4 atom stereocenters. The number of likely N-dealkylation sites (N-methyl/N-ethyl adjacent to an activating group) is 1. The zero-order valence-electron chi connectivity index (χ0n) is 29.0. The summed E-state index contributed by atoms with van der Waals surface area (Å²) in [6, 6.07) is 40.7. The molecule has 6 aromatic rings. The number of nitrogens with zero attached hydrogens (tertiary/aromatic N) is 3. The number of rotatable bonds is 13.